The van der Waals surface area contributed by atoms with E-state index in [0.29, 0.717) is 0 Å². The number of aryl methyl sites for hydroxylation is 2. The molecule has 4 nitrogen and oxygen atoms in total. The maximum atomic E-state index is 12.3. The van der Waals surface area contributed by atoms with E-state index in [-0.39, 0.29) is 16.5 Å². The van der Waals surface area contributed by atoms with Gasteiger partial charge in [-0.3, -0.25) is 0 Å². The lowest BCUT2D eigenvalue weighted by Crippen LogP contribution is -2.23. The van der Waals surface area contributed by atoms with Gasteiger partial charge >= 0.3 is 0 Å². The van der Waals surface area contributed by atoms with Crippen LogP contribution in [0.4, 0.5) is 0 Å². The second-order valence-electron chi connectivity index (χ2n) is 5.49. The molecule has 0 aliphatic heterocycles. The predicted molar refractivity (Wildman–Crippen MR) is 93.1 cm³/mol. The van der Waals surface area contributed by atoms with Crippen LogP contribution in [0.15, 0.2) is 53.4 Å². The number of nitrogens with one attached hydrogen (secondary N) is 1. The molecule has 1 N–H and O–H groups in total. The second kappa shape index (κ2) is 6.00. The molecule has 3 rings (SSSR count). The van der Waals surface area contributed by atoms with Crippen molar-refractivity contribution in [2.75, 3.05) is 0 Å². The van der Waals surface area contributed by atoms with E-state index < -0.39 is 10.0 Å². The molecule has 2 aromatic carbocycles. The molecule has 0 unspecified atom stereocenters. The van der Waals surface area contributed by atoms with E-state index in [2.05, 4.69) is 15.4 Å². The number of sulfonamides is 1. The third kappa shape index (κ3) is 3.13. The zero-order chi connectivity index (χ0) is 16.6. The van der Waals surface area contributed by atoms with Gasteiger partial charge in [0.1, 0.15) is 4.90 Å². The molecule has 0 fully saturated rings. The average molecular weight is 349 g/mol. The number of hydrogen-bond acceptors (Lipinski definition) is 2. The first-order chi connectivity index (χ1) is 10.9. The summed E-state index contributed by atoms with van der Waals surface area (Å²) in [5, 5.41) is 1.31. The minimum absolute atomic E-state index is 0.0956. The van der Waals surface area contributed by atoms with Crippen LogP contribution >= 0.6 is 11.6 Å². The lowest BCUT2D eigenvalue weighted by molar-refractivity contribution is 0.581. The summed E-state index contributed by atoms with van der Waals surface area (Å²) in [4.78, 5) is 0.0956. The monoisotopic (exact) mass is 348 g/mol. The van der Waals surface area contributed by atoms with Crippen LogP contribution in [-0.4, -0.2) is 13.0 Å². The Labute approximate surface area is 140 Å². The number of hydrogen-bond donors (Lipinski definition) is 1. The predicted octanol–water partition coefficient (Wildman–Crippen LogP) is 3.62. The van der Waals surface area contributed by atoms with Crippen molar-refractivity contribution in [3.63, 3.8) is 0 Å². The standard InChI is InChI=1S/C17H17ClN2O2S/c1-12-9-14-10-13(7-8-16(14)20(12)2)11-19-23(21,22)17-6-4-3-5-15(17)18/h3-10,19H,11H2,1-2H3. The smallest absolute Gasteiger partial charge is 0.242 e. The molecule has 0 aliphatic carbocycles. The van der Waals surface area contributed by atoms with Crippen molar-refractivity contribution in [3.05, 3.63) is 64.8 Å². The molecule has 1 heterocycles. The molecule has 3 aromatic rings. The summed E-state index contributed by atoms with van der Waals surface area (Å²) in [5.41, 5.74) is 3.19. The van der Waals surface area contributed by atoms with E-state index >= 15 is 0 Å². The van der Waals surface area contributed by atoms with Gasteiger partial charge in [-0.2, -0.15) is 0 Å². The number of nitrogens with zero attached hydrogens (tertiary/aromatic N) is 1. The summed E-state index contributed by atoms with van der Waals surface area (Å²) in [6.07, 6.45) is 0. The van der Waals surface area contributed by atoms with Crippen LogP contribution in [0.2, 0.25) is 5.02 Å². The fraction of sp³-hybridized carbons (Fsp3) is 0.176. The van der Waals surface area contributed by atoms with Crippen molar-refractivity contribution < 1.29 is 8.42 Å². The Bertz CT molecular complexity index is 977. The fourth-order valence-corrected chi connectivity index (χ4v) is 4.10. The van der Waals surface area contributed by atoms with Gasteiger partial charge in [-0.1, -0.05) is 29.8 Å². The summed E-state index contributed by atoms with van der Waals surface area (Å²) >= 11 is 5.97. The van der Waals surface area contributed by atoms with E-state index in [9.17, 15) is 8.42 Å². The van der Waals surface area contributed by atoms with Crippen molar-refractivity contribution in [2.24, 2.45) is 7.05 Å². The number of fused-ring (bicyclic) bond motifs is 1. The number of benzene rings is 2. The topological polar surface area (TPSA) is 51.1 Å². The van der Waals surface area contributed by atoms with E-state index in [0.717, 1.165) is 22.2 Å². The lowest BCUT2D eigenvalue weighted by atomic mass is 10.1. The first-order valence-corrected chi connectivity index (χ1v) is 9.04. The van der Waals surface area contributed by atoms with Gasteiger partial charge < -0.3 is 4.57 Å². The van der Waals surface area contributed by atoms with E-state index in [1.807, 2.05) is 32.2 Å². The van der Waals surface area contributed by atoms with Gasteiger partial charge in [0.15, 0.2) is 0 Å². The van der Waals surface area contributed by atoms with Crippen molar-refractivity contribution in [2.45, 2.75) is 18.4 Å². The Hall–Kier alpha value is -1.82. The van der Waals surface area contributed by atoms with Gasteiger partial charge in [-0.25, -0.2) is 13.1 Å². The maximum Gasteiger partial charge on any atom is 0.242 e. The van der Waals surface area contributed by atoms with Gasteiger partial charge in [0.05, 0.1) is 5.02 Å². The molecule has 23 heavy (non-hydrogen) atoms. The summed E-state index contributed by atoms with van der Waals surface area (Å²) in [6, 6.07) is 14.4. The van der Waals surface area contributed by atoms with Crippen molar-refractivity contribution in [1.29, 1.82) is 0 Å². The Morgan fingerprint density at radius 3 is 2.61 bits per heavy atom. The Morgan fingerprint density at radius 2 is 1.87 bits per heavy atom. The minimum Gasteiger partial charge on any atom is -0.348 e. The van der Waals surface area contributed by atoms with E-state index in [1.54, 1.807) is 18.2 Å². The molecule has 0 saturated carbocycles. The SMILES string of the molecule is Cc1cc2cc(CNS(=O)(=O)c3ccccc3Cl)ccc2n1C. The van der Waals surface area contributed by atoms with Crippen LogP contribution < -0.4 is 4.72 Å². The Balaban J connectivity index is 1.84. The summed E-state index contributed by atoms with van der Waals surface area (Å²) in [6.45, 7) is 2.26. The summed E-state index contributed by atoms with van der Waals surface area (Å²) in [5.74, 6) is 0. The third-order valence-corrected chi connectivity index (χ3v) is 5.84. The minimum atomic E-state index is -3.63. The number of aromatic nitrogens is 1. The maximum absolute atomic E-state index is 12.3. The first-order valence-electron chi connectivity index (χ1n) is 7.17. The van der Waals surface area contributed by atoms with Gasteiger partial charge in [-0.05, 0) is 42.8 Å². The molecule has 0 bridgehead atoms. The molecule has 6 heteroatoms. The summed E-state index contributed by atoms with van der Waals surface area (Å²) < 4.78 is 29.4. The molecule has 120 valence electrons. The molecule has 0 aliphatic rings. The first kappa shape index (κ1) is 16.1. The van der Waals surface area contributed by atoms with Crippen LogP contribution in [0.3, 0.4) is 0 Å². The van der Waals surface area contributed by atoms with Crippen LogP contribution in [0.1, 0.15) is 11.3 Å². The third-order valence-electron chi connectivity index (χ3n) is 3.94. The normalized spacial score (nSPS) is 12.0. The number of halogens is 1. The molecule has 0 radical (unpaired) electrons. The highest BCUT2D eigenvalue weighted by Gasteiger charge is 2.17. The Kier molecular flexibility index (Phi) is 4.19. The van der Waals surface area contributed by atoms with Crippen molar-refractivity contribution in [3.8, 4) is 0 Å². The van der Waals surface area contributed by atoms with E-state index in [1.165, 1.54) is 6.07 Å². The van der Waals surface area contributed by atoms with Crippen LogP contribution in [0.5, 0.6) is 0 Å². The molecule has 0 spiro atoms. The zero-order valence-corrected chi connectivity index (χ0v) is 14.4. The molecule has 0 atom stereocenters. The molecule has 1 aromatic heterocycles. The molecular weight excluding hydrogens is 332 g/mol. The lowest BCUT2D eigenvalue weighted by Gasteiger charge is -2.08. The van der Waals surface area contributed by atoms with Crippen LogP contribution in [0.25, 0.3) is 10.9 Å². The van der Waals surface area contributed by atoms with Crippen LogP contribution in [-0.2, 0) is 23.6 Å². The number of rotatable bonds is 4. The van der Waals surface area contributed by atoms with E-state index in [4.69, 9.17) is 11.6 Å². The quantitative estimate of drug-likeness (QED) is 0.783. The van der Waals surface area contributed by atoms with Crippen molar-refractivity contribution >= 4 is 32.5 Å². The van der Waals surface area contributed by atoms with Gasteiger partial charge in [0.2, 0.25) is 10.0 Å². The van der Waals surface area contributed by atoms with Gasteiger partial charge in [0.25, 0.3) is 0 Å². The highest BCUT2D eigenvalue weighted by molar-refractivity contribution is 7.89. The average Bonchev–Trinajstić information content (AvgIpc) is 2.80. The molecular formula is C17H17ClN2O2S. The highest BCUT2D eigenvalue weighted by Crippen LogP contribution is 2.22. The molecule has 0 amide bonds. The Morgan fingerprint density at radius 1 is 1.13 bits per heavy atom. The fourth-order valence-electron chi connectivity index (χ4n) is 2.57. The van der Waals surface area contributed by atoms with Gasteiger partial charge in [-0.15, -0.1) is 0 Å². The largest absolute Gasteiger partial charge is 0.348 e. The van der Waals surface area contributed by atoms with Gasteiger partial charge in [0, 0.05) is 30.2 Å². The highest BCUT2D eigenvalue weighted by atomic mass is 35.5. The zero-order valence-electron chi connectivity index (χ0n) is 12.9. The van der Waals surface area contributed by atoms with Crippen LogP contribution in [0, 0.1) is 6.92 Å². The summed E-state index contributed by atoms with van der Waals surface area (Å²) in [7, 11) is -1.62. The van der Waals surface area contributed by atoms with Crippen molar-refractivity contribution in [1.82, 2.24) is 9.29 Å². The second-order valence-corrected chi connectivity index (χ2v) is 7.64. The molecule has 0 saturated heterocycles.